The Bertz CT molecular complexity index is 324. The molecule has 0 unspecified atom stereocenters. The second kappa shape index (κ2) is 4.15. The van der Waals surface area contributed by atoms with E-state index in [1.54, 1.807) is 23.5 Å². The fraction of sp³-hybridized carbons (Fsp3) is 0.333. The van der Waals surface area contributed by atoms with Crippen LogP contribution in [0.15, 0.2) is 15.9 Å². The summed E-state index contributed by atoms with van der Waals surface area (Å²) >= 11 is 3.26. The Morgan fingerprint density at radius 1 is 1.08 bits per heavy atom. The van der Waals surface area contributed by atoms with Crippen molar-refractivity contribution in [1.29, 1.82) is 0 Å². The molecule has 13 heavy (non-hydrogen) atoms. The van der Waals surface area contributed by atoms with Gasteiger partial charge in [-0.3, -0.25) is 0 Å². The molecule has 4 heteroatoms. The predicted molar refractivity (Wildman–Crippen MR) is 63.6 cm³/mol. The highest BCUT2D eigenvalue weighted by atomic mass is 32.2. The monoisotopic (exact) mass is 214 g/mol. The fourth-order valence-corrected chi connectivity index (χ4v) is 2.57. The topological polar surface area (TPSA) is 52.0 Å². The van der Waals surface area contributed by atoms with Crippen molar-refractivity contribution in [2.45, 2.75) is 16.7 Å². The van der Waals surface area contributed by atoms with Crippen molar-refractivity contribution in [2.24, 2.45) is 0 Å². The summed E-state index contributed by atoms with van der Waals surface area (Å²) in [6.45, 7) is 2.01. The van der Waals surface area contributed by atoms with Crippen molar-refractivity contribution in [3.05, 3.63) is 11.6 Å². The molecule has 0 bridgehead atoms. The first-order valence-corrected chi connectivity index (χ1v) is 6.33. The lowest BCUT2D eigenvalue weighted by molar-refractivity contribution is 1.28. The standard InChI is InChI=1S/C9H14N2S2/c1-5-4-6(12-2)8(11)9(13-3)7(5)10/h4H,10-11H2,1-3H3. The van der Waals surface area contributed by atoms with Crippen LogP contribution in [0.5, 0.6) is 0 Å². The average Bonchev–Trinajstić information content (AvgIpc) is 2.12. The molecule has 1 rings (SSSR count). The maximum atomic E-state index is 5.95. The number of thioether (sulfide) groups is 2. The molecule has 0 heterocycles. The highest BCUT2D eigenvalue weighted by Crippen LogP contribution is 2.38. The van der Waals surface area contributed by atoms with Gasteiger partial charge in [-0.25, -0.2) is 0 Å². The highest BCUT2D eigenvalue weighted by molar-refractivity contribution is 7.99. The molecule has 0 atom stereocenters. The number of hydrogen-bond donors (Lipinski definition) is 2. The Balaban J connectivity index is 3.39. The summed E-state index contributed by atoms with van der Waals surface area (Å²) in [5.41, 5.74) is 14.6. The van der Waals surface area contributed by atoms with Gasteiger partial charge in [-0.1, -0.05) is 0 Å². The Morgan fingerprint density at radius 3 is 2.15 bits per heavy atom. The van der Waals surface area contributed by atoms with E-state index in [1.807, 2.05) is 25.5 Å². The second-order valence-corrected chi connectivity index (χ2v) is 4.42. The van der Waals surface area contributed by atoms with Crippen LogP contribution in [0.4, 0.5) is 11.4 Å². The van der Waals surface area contributed by atoms with Crippen LogP contribution in [0, 0.1) is 6.92 Å². The second-order valence-electron chi connectivity index (χ2n) is 2.76. The first kappa shape index (κ1) is 10.6. The van der Waals surface area contributed by atoms with Gasteiger partial charge < -0.3 is 11.5 Å². The molecular weight excluding hydrogens is 200 g/mol. The van der Waals surface area contributed by atoms with Gasteiger partial charge in [-0.15, -0.1) is 23.5 Å². The number of nitrogen functional groups attached to an aromatic ring is 2. The van der Waals surface area contributed by atoms with Crippen LogP contribution in [-0.2, 0) is 0 Å². The third-order valence-corrected chi connectivity index (χ3v) is 3.58. The van der Waals surface area contributed by atoms with Crippen LogP contribution in [0.3, 0.4) is 0 Å². The molecule has 0 radical (unpaired) electrons. The van der Waals surface area contributed by atoms with Crippen LogP contribution in [-0.4, -0.2) is 12.5 Å². The molecule has 0 aliphatic rings. The summed E-state index contributed by atoms with van der Waals surface area (Å²) in [7, 11) is 0. The Kier molecular flexibility index (Phi) is 3.39. The molecule has 0 fully saturated rings. The molecule has 1 aromatic rings. The molecule has 4 N–H and O–H groups in total. The Hall–Kier alpha value is -0.480. The SMILES string of the molecule is CSc1cc(C)c(N)c(SC)c1N. The maximum Gasteiger partial charge on any atom is 0.0611 e. The number of hydrogen-bond acceptors (Lipinski definition) is 4. The number of aryl methyl sites for hydroxylation is 1. The van der Waals surface area contributed by atoms with E-state index in [0.29, 0.717) is 0 Å². The minimum absolute atomic E-state index is 0.808. The quantitative estimate of drug-likeness (QED) is 0.587. The van der Waals surface area contributed by atoms with E-state index < -0.39 is 0 Å². The summed E-state index contributed by atoms with van der Waals surface area (Å²) < 4.78 is 0. The molecule has 0 amide bonds. The van der Waals surface area contributed by atoms with Gasteiger partial charge in [-0.05, 0) is 31.1 Å². The maximum absolute atomic E-state index is 5.95. The number of anilines is 2. The lowest BCUT2D eigenvalue weighted by Gasteiger charge is -2.12. The van der Waals surface area contributed by atoms with Crippen molar-refractivity contribution >= 4 is 34.9 Å². The minimum atomic E-state index is 0.808. The zero-order valence-corrected chi connectivity index (χ0v) is 9.68. The number of nitrogens with two attached hydrogens (primary N) is 2. The van der Waals surface area contributed by atoms with E-state index in [1.165, 1.54) is 0 Å². The number of benzene rings is 1. The molecule has 0 aliphatic heterocycles. The average molecular weight is 214 g/mol. The summed E-state index contributed by atoms with van der Waals surface area (Å²) in [5.74, 6) is 0. The summed E-state index contributed by atoms with van der Waals surface area (Å²) in [6.07, 6.45) is 4.01. The molecule has 0 spiro atoms. The van der Waals surface area contributed by atoms with Gasteiger partial charge in [0.1, 0.15) is 0 Å². The summed E-state index contributed by atoms with van der Waals surface area (Å²) in [6, 6.07) is 2.04. The van der Waals surface area contributed by atoms with E-state index in [0.717, 1.165) is 26.7 Å². The molecular formula is C9H14N2S2. The molecule has 1 aromatic carbocycles. The van der Waals surface area contributed by atoms with Crippen LogP contribution in [0.2, 0.25) is 0 Å². The van der Waals surface area contributed by atoms with Crippen molar-refractivity contribution in [1.82, 2.24) is 0 Å². The van der Waals surface area contributed by atoms with Crippen molar-refractivity contribution < 1.29 is 0 Å². The van der Waals surface area contributed by atoms with Gasteiger partial charge in [-0.2, -0.15) is 0 Å². The van der Waals surface area contributed by atoms with Gasteiger partial charge in [0.05, 0.1) is 16.3 Å². The largest absolute Gasteiger partial charge is 0.398 e. The molecule has 2 nitrogen and oxygen atoms in total. The third kappa shape index (κ3) is 1.89. The predicted octanol–water partition coefficient (Wildman–Crippen LogP) is 2.60. The highest BCUT2D eigenvalue weighted by Gasteiger charge is 2.10. The van der Waals surface area contributed by atoms with Gasteiger partial charge in [0, 0.05) is 4.90 Å². The minimum Gasteiger partial charge on any atom is -0.398 e. The lowest BCUT2D eigenvalue weighted by Crippen LogP contribution is -1.99. The molecule has 0 aliphatic carbocycles. The van der Waals surface area contributed by atoms with Gasteiger partial charge in [0.25, 0.3) is 0 Å². The first-order valence-electron chi connectivity index (χ1n) is 3.88. The summed E-state index contributed by atoms with van der Waals surface area (Å²) in [5, 5.41) is 0. The van der Waals surface area contributed by atoms with E-state index >= 15 is 0 Å². The first-order chi connectivity index (χ1) is 6.11. The molecule has 0 saturated carbocycles. The number of rotatable bonds is 2. The van der Waals surface area contributed by atoms with Crippen molar-refractivity contribution in [3.8, 4) is 0 Å². The van der Waals surface area contributed by atoms with Crippen LogP contribution < -0.4 is 11.5 Å². The van der Waals surface area contributed by atoms with E-state index in [2.05, 4.69) is 0 Å². The van der Waals surface area contributed by atoms with E-state index in [4.69, 9.17) is 11.5 Å². The Morgan fingerprint density at radius 2 is 1.69 bits per heavy atom. The molecule has 0 aromatic heterocycles. The third-order valence-electron chi connectivity index (χ3n) is 1.95. The van der Waals surface area contributed by atoms with E-state index in [-0.39, 0.29) is 0 Å². The molecule has 0 saturated heterocycles. The summed E-state index contributed by atoms with van der Waals surface area (Å²) in [4.78, 5) is 2.11. The van der Waals surface area contributed by atoms with Gasteiger partial charge in [0.15, 0.2) is 0 Å². The molecule has 72 valence electrons. The van der Waals surface area contributed by atoms with Crippen LogP contribution in [0.1, 0.15) is 5.56 Å². The normalized spacial score (nSPS) is 10.4. The van der Waals surface area contributed by atoms with Crippen molar-refractivity contribution in [2.75, 3.05) is 24.0 Å². The smallest absolute Gasteiger partial charge is 0.0611 e. The van der Waals surface area contributed by atoms with Gasteiger partial charge >= 0.3 is 0 Å². The van der Waals surface area contributed by atoms with Crippen LogP contribution in [0.25, 0.3) is 0 Å². The zero-order valence-electron chi connectivity index (χ0n) is 8.05. The van der Waals surface area contributed by atoms with Crippen LogP contribution >= 0.6 is 23.5 Å². The van der Waals surface area contributed by atoms with Crippen molar-refractivity contribution in [3.63, 3.8) is 0 Å². The van der Waals surface area contributed by atoms with E-state index in [9.17, 15) is 0 Å². The lowest BCUT2D eigenvalue weighted by atomic mass is 10.2. The Labute approximate surface area is 87.5 Å². The zero-order chi connectivity index (χ0) is 10.0. The van der Waals surface area contributed by atoms with Gasteiger partial charge in [0.2, 0.25) is 0 Å². The fourth-order valence-electron chi connectivity index (χ4n) is 1.18.